The van der Waals surface area contributed by atoms with E-state index < -0.39 is 59.5 Å². The van der Waals surface area contributed by atoms with E-state index in [4.69, 9.17) is 0 Å². The summed E-state index contributed by atoms with van der Waals surface area (Å²) in [5.41, 5.74) is -0.610. The highest BCUT2D eigenvalue weighted by Crippen LogP contribution is 2.43. The number of hydrogen-bond donors (Lipinski definition) is 3. The highest BCUT2D eigenvalue weighted by molar-refractivity contribution is 5.93. The lowest BCUT2D eigenvalue weighted by Crippen LogP contribution is -2.39. The molecule has 0 bridgehead atoms. The average Bonchev–Trinajstić information content (AvgIpc) is 3.75. The predicted molar refractivity (Wildman–Crippen MR) is 139 cm³/mol. The zero-order valence-electron chi connectivity index (χ0n) is 23.5. The Hall–Kier alpha value is -4.71. The third-order valence-corrected chi connectivity index (χ3v) is 8.41. The first-order chi connectivity index (χ1) is 21.2. The fraction of sp³-hybridized carbons (Fsp3) is 0.538. The maximum atomic E-state index is 14.0. The van der Waals surface area contributed by atoms with E-state index in [1.54, 1.807) is 0 Å². The molecule has 2 aliphatic rings. The van der Waals surface area contributed by atoms with Crippen molar-refractivity contribution in [3.8, 4) is 0 Å². The molecule has 0 aromatic carbocycles. The fourth-order valence-electron chi connectivity index (χ4n) is 6.12. The van der Waals surface area contributed by atoms with Gasteiger partial charge >= 0.3 is 11.9 Å². The second-order valence-corrected chi connectivity index (χ2v) is 11.6. The van der Waals surface area contributed by atoms with Gasteiger partial charge in [-0.1, -0.05) is 10.3 Å². The number of nitrogens with zero attached hydrogens (tertiary/aromatic N) is 6. The molecular weight excluding hydrogens is 613 g/mol. The molecule has 3 atom stereocenters. The molecule has 45 heavy (non-hydrogen) atoms. The van der Waals surface area contributed by atoms with Gasteiger partial charge in [0, 0.05) is 19.3 Å². The molecule has 1 aliphatic carbocycles. The maximum Gasteiger partial charge on any atom is 0.438 e. The van der Waals surface area contributed by atoms with Crippen LogP contribution >= 0.6 is 0 Å². The summed E-state index contributed by atoms with van der Waals surface area (Å²) in [6.45, 7) is 1.52. The van der Waals surface area contributed by atoms with Crippen LogP contribution < -0.4 is 16.4 Å². The molecule has 14 nitrogen and oxygen atoms in total. The lowest BCUT2D eigenvalue weighted by Gasteiger charge is -2.33. The van der Waals surface area contributed by atoms with Crippen LogP contribution in [0.1, 0.15) is 71.4 Å². The van der Waals surface area contributed by atoms with Gasteiger partial charge in [0.05, 0.1) is 29.5 Å². The molecule has 0 unspecified atom stereocenters. The number of aromatic amines is 1. The standard InChI is InChI=1S/C26H26F5N9O5/c1-12-19(39-45-37-12)21(41)36-20(14-2-4-25(27,28)5-3-14)15-11-40-18(33-15)6-13(10-32-40)7-24(9-17-35-23(43)44-38-17)8-16(26(29,30)31)34-22(24)42/h6,10-11,14,16,20H,2-5,7-9H2,1H3,(H,34,42)(H,36,41)(H,35,38,43)/t16-,20-,24-/m0/s1. The predicted octanol–water partition coefficient (Wildman–Crippen LogP) is 2.62. The number of nitrogens with one attached hydrogen (secondary N) is 3. The summed E-state index contributed by atoms with van der Waals surface area (Å²) < 4.78 is 79.3. The van der Waals surface area contributed by atoms with Gasteiger partial charge in [0.25, 0.3) is 5.91 Å². The van der Waals surface area contributed by atoms with Crippen LogP contribution in [-0.2, 0) is 17.6 Å². The number of aryl methyl sites for hydroxylation is 1. The summed E-state index contributed by atoms with van der Waals surface area (Å²) in [7, 11) is 0. The summed E-state index contributed by atoms with van der Waals surface area (Å²) >= 11 is 0. The molecule has 1 aliphatic heterocycles. The summed E-state index contributed by atoms with van der Waals surface area (Å²) in [4.78, 5) is 44.4. The number of halogens is 5. The first kappa shape index (κ1) is 30.3. The number of aromatic nitrogens is 7. The number of amides is 2. The number of fused-ring (bicyclic) bond motifs is 1. The second-order valence-electron chi connectivity index (χ2n) is 11.6. The third kappa shape index (κ3) is 6.15. The summed E-state index contributed by atoms with van der Waals surface area (Å²) in [5, 5.41) is 19.9. The van der Waals surface area contributed by atoms with E-state index in [1.807, 2.05) is 5.32 Å². The zero-order chi connectivity index (χ0) is 32.1. The van der Waals surface area contributed by atoms with E-state index in [1.165, 1.54) is 29.9 Å². The summed E-state index contributed by atoms with van der Waals surface area (Å²) in [6, 6.07) is -1.41. The third-order valence-electron chi connectivity index (χ3n) is 8.41. The minimum Gasteiger partial charge on any atom is -0.344 e. The van der Waals surface area contributed by atoms with Gasteiger partial charge in [-0.3, -0.25) is 19.1 Å². The zero-order valence-corrected chi connectivity index (χ0v) is 23.5. The normalized spacial score (nSPS) is 22.9. The quantitative estimate of drug-likeness (QED) is 0.242. The lowest BCUT2D eigenvalue weighted by molar-refractivity contribution is -0.155. The Balaban J connectivity index is 1.31. The first-order valence-corrected chi connectivity index (χ1v) is 14.0. The Morgan fingerprint density at radius 3 is 2.56 bits per heavy atom. The Labute approximate surface area is 249 Å². The molecule has 6 rings (SSSR count). The van der Waals surface area contributed by atoms with Crippen molar-refractivity contribution in [2.24, 2.45) is 11.3 Å². The molecule has 1 saturated heterocycles. The van der Waals surface area contributed by atoms with Crippen LogP contribution in [0.5, 0.6) is 0 Å². The molecule has 4 aromatic rings. The number of rotatable bonds is 8. The van der Waals surface area contributed by atoms with Gasteiger partial charge in [-0.05, 0) is 55.3 Å². The molecule has 5 heterocycles. The van der Waals surface area contributed by atoms with E-state index in [2.05, 4.69) is 45.0 Å². The molecule has 0 spiro atoms. The van der Waals surface area contributed by atoms with E-state index in [0.717, 1.165) is 0 Å². The highest BCUT2D eigenvalue weighted by Gasteiger charge is 2.56. The van der Waals surface area contributed by atoms with Crippen molar-refractivity contribution in [1.82, 2.24) is 45.7 Å². The summed E-state index contributed by atoms with van der Waals surface area (Å²) in [5.74, 6) is -5.76. The van der Waals surface area contributed by atoms with Crippen molar-refractivity contribution in [2.45, 2.75) is 76.1 Å². The minimum absolute atomic E-state index is 0.0731. The van der Waals surface area contributed by atoms with Gasteiger partial charge in [0.15, 0.2) is 17.2 Å². The molecule has 4 aromatic heterocycles. The Kier molecular flexibility index (Phi) is 7.43. The molecule has 2 amide bonds. The lowest BCUT2D eigenvalue weighted by atomic mass is 9.76. The topological polar surface area (TPSA) is 186 Å². The number of alkyl halides is 5. The number of carbonyl (C=O) groups is 2. The van der Waals surface area contributed by atoms with Crippen LogP contribution in [0.15, 0.2) is 32.4 Å². The van der Waals surface area contributed by atoms with Crippen molar-refractivity contribution in [3.63, 3.8) is 0 Å². The van der Waals surface area contributed by atoms with E-state index in [0.29, 0.717) is 11.3 Å². The van der Waals surface area contributed by atoms with E-state index >= 15 is 0 Å². The van der Waals surface area contributed by atoms with E-state index in [-0.39, 0.29) is 61.4 Å². The van der Waals surface area contributed by atoms with Crippen LogP contribution in [-0.4, -0.2) is 65.0 Å². The van der Waals surface area contributed by atoms with Crippen molar-refractivity contribution < 1.29 is 40.7 Å². The van der Waals surface area contributed by atoms with E-state index in [9.17, 15) is 36.3 Å². The number of carbonyl (C=O) groups excluding carboxylic acids is 2. The summed E-state index contributed by atoms with van der Waals surface area (Å²) in [6.07, 6.45) is -3.58. The molecule has 0 radical (unpaired) electrons. The number of imidazole rings is 1. The molecule has 19 heteroatoms. The van der Waals surface area contributed by atoms with Gasteiger partial charge in [-0.2, -0.15) is 18.3 Å². The molecule has 3 N–H and O–H groups in total. The van der Waals surface area contributed by atoms with Crippen molar-refractivity contribution >= 4 is 17.5 Å². The van der Waals surface area contributed by atoms with Gasteiger partial charge in [0.1, 0.15) is 11.7 Å². The van der Waals surface area contributed by atoms with Gasteiger partial charge in [-0.25, -0.2) is 27.7 Å². The van der Waals surface area contributed by atoms with Crippen LogP contribution in [0.2, 0.25) is 0 Å². The Morgan fingerprint density at radius 2 is 1.93 bits per heavy atom. The maximum absolute atomic E-state index is 14.0. The van der Waals surface area contributed by atoms with Crippen LogP contribution in [0.25, 0.3) is 5.65 Å². The van der Waals surface area contributed by atoms with Gasteiger partial charge in [-0.15, -0.1) is 0 Å². The Bertz CT molecular complexity index is 1790. The largest absolute Gasteiger partial charge is 0.438 e. The van der Waals surface area contributed by atoms with Crippen LogP contribution in [0.4, 0.5) is 22.0 Å². The van der Waals surface area contributed by atoms with Gasteiger partial charge < -0.3 is 10.6 Å². The Morgan fingerprint density at radius 1 is 1.18 bits per heavy atom. The SMILES string of the molecule is Cc1nonc1C(=O)N[C@H](c1cn2ncc(C[C@@]3(Cc4noc(=O)[nH]4)C[C@@H](C(F)(F)F)NC3=O)cc2n1)C1CCC(F)(F)CC1. The van der Waals surface area contributed by atoms with Crippen molar-refractivity contribution in [3.05, 3.63) is 57.5 Å². The highest BCUT2D eigenvalue weighted by atomic mass is 19.4. The van der Waals surface area contributed by atoms with Crippen LogP contribution in [0.3, 0.4) is 0 Å². The first-order valence-electron chi connectivity index (χ1n) is 14.0. The molecule has 1 saturated carbocycles. The second kappa shape index (κ2) is 11.0. The molecular formula is C26H26F5N9O5. The van der Waals surface area contributed by atoms with Crippen molar-refractivity contribution in [2.75, 3.05) is 0 Å². The minimum atomic E-state index is -4.71. The van der Waals surface area contributed by atoms with Gasteiger partial charge in [0.2, 0.25) is 11.8 Å². The molecule has 240 valence electrons. The average molecular weight is 640 g/mol. The molecule has 2 fully saturated rings. The monoisotopic (exact) mass is 639 g/mol. The smallest absolute Gasteiger partial charge is 0.344 e. The van der Waals surface area contributed by atoms with Crippen molar-refractivity contribution in [1.29, 1.82) is 0 Å². The van der Waals surface area contributed by atoms with Crippen LogP contribution in [0, 0.1) is 18.3 Å². The fourth-order valence-corrected chi connectivity index (χ4v) is 6.12. The number of hydrogen-bond acceptors (Lipinski definition) is 10. The number of H-pyrrole nitrogens is 1.